The molecule has 1 radical (unpaired) electrons. The van der Waals surface area contributed by atoms with E-state index in [2.05, 4.69) is 30.1 Å². The van der Waals surface area contributed by atoms with E-state index in [1.165, 1.54) is 17.7 Å². The van der Waals surface area contributed by atoms with Crippen LogP contribution in [-0.4, -0.2) is 9.97 Å². The molecule has 0 saturated heterocycles. The lowest BCUT2D eigenvalue weighted by atomic mass is 9.91. The van der Waals surface area contributed by atoms with Gasteiger partial charge < -0.3 is 0 Å². The van der Waals surface area contributed by atoms with Gasteiger partial charge in [-0.3, -0.25) is 0 Å². The zero-order valence-corrected chi connectivity index (χ0v) is 6.89. The molecule has 57 valence electrons. The van der Waals surface area contributed by atoms with Crippen LogP contribution in [-0.2, 0) is 11.8 Å². The van der Waals surface area contributed by atoms with Crippen LogP contribution in [0.4, 0.5) is 0 Å². The molecule has 0 atom stereocenters. The number of aromatic nitrogens is 2. The van der Waals surface area contributed by atoms with E-state index in [0.29, 0.717) is 0 Å². The Balaban J connectivity index is 2.56. The van der Waals surface area contributed by atoms with Gasteiger partial charge in [-0.25, -0.2) is 9.97 Å². The van der Waals surface area contributed by atoms with Crippen LogP contribution in [0.15, 0.2) is 6.20 Å². The molecule has 0 saturated carbocycles. The maximum Gasteiger partial charge on any atom is 0.197 e. The SMILES string of the molecule is CC1(C)CCc2cn[c]nc21. The van der Waals surface area contributed by atoms with Gasteiger partial charge in [0.05, 0.1) is 5.69 Å². The van der Waals surface area contributed by atoms with Crippen molar-refractivity contribution in [2.75, 3.05) is 0 Å². The van der Waals surface area contributed by atoms with Crippen molar-refractivity contribution in [1.29, 1.82) is 0 Å². The van der Waals surface area contributed by atoms with Crippen LogP contribution in [0.1, 0.15) is 31.5 Å². The second-order valence-electron chi connectivity index (χ2n) is 3.73. The minimum Gasteiger partial charge on any atom is -0.233 e. The summed E-state index contributed by atoms with van der Waals surface area (Å²) in [6.45, 7) is 4.44. The molecule has 2 heteroatoms. The number of nitrogens with zero attached hydrogens (tertiary/aromatic N) is 2. The van der Waals surface area contributed by atoms with Gasteiger partial charge in [-0.05, 0) is 18.4 Å². The van der Waals surface area contributed by atoms with Gasteiger partial charge >= 0.3 is 0 Å². The van der Waals surface area contributed by atoms with Gasteiger partial charge in [0.25, 0.3) is 0 Å². The van der Waals surface area contributed by atoms with Crippen LogP contribution >= 0.6 is 0 Å². The highest BCUT2D eigenvalue weighted by Gasteiger charge is 2.30. The number of rotatable bonds is 0. The monoisotopic (exact) mass is 147 g/mol. The topological polar surface area (TPSA) is 25.8 Å². The van der Waals surface area contributed by atoms with E-state index >= 15 is 0 Å². The van der Waals surface area contributed by atoms with Gasteiger partial charge in [-0.2, -0.15) is 0 Å². The second kappa shape index (κ2) is 2.03. The molecule has 0 spiro atoms. The lowest BCUT2D eigenvalue weighted by molar-refractivity contribution is 0.509. The summed E-state index contributed by atoms with van der Waals surface area (Å²) in [5, 5.41) is 0. The minimum atomic E-state index is 0.245. The summed E-state index contributed by atoms with van der Waals surface area (Å²) in [6, 6.07) is 0. The van der Waals surface area contributed by atoms with E-state index in [1.54, 1.807) is 0 Å². The largest absolute Gasteiger partial charge is 0.233 e. The molecule has 1 heterocycles. The first kappa shape index (κ1) is 6.77. The minimum absolute atomic E-state index is 0.245. The average Bonchev–Trinajstić information content (AvgIpc) is 2.29. The molecule has 0 N–H and O–H groups in total. The van der Waals surface area contributed by atoms with E-state index in [4.69, 9.17) is 0 Å². The van der Waals surface area contributed by atoms with E-state index in [-0.39, 0.29) is 5.41 Å². The Bertz CT molecular complexity index is 279. The highest BCUT2D eigenvalue weighted by atomic mass is 14.8. The van der Waals surface area contributed by atoms with Gasteiger partial charge in [0, 0.05) is 11.6 Å². The van der Waals surface area contributed by atoms with Gasteiger partial charge in [0.1, 0.15) is 0 Å². The number of aryl methyl sites for hydroxylation is 1. The first-order valence-corrected chi connectivity index (χ1v) is 3.92. The second-order valence-corrected chi connectivity index (χ2v) is 3.73. The lowest BCUT2D eigenvalue weighted by Gasteiger charge is -2.16. The van der Waals surface area contributed by atoms with Crippen molar-refractivity contribution < 1.29 is 0 Å². The van der Waals surface area contributed by atoms with Crippen LogP contribution in [0, 0.1) is 6.33 Å². The van der Waals surface area contributed by atoms with Crippen molar-refractivity contribution in [1.82, 2.24) is 9.97 Å². The molecule has 0 aromatic carbocycles. The Kier molecular flexibility index (Phi) is 1.25. The standard InChI is InChI=1S/C9H11N2/c1-9(2)4-3-7-5-10-6-11-8(7)9/h5H,3-4H2,1-2H3. The summed E-state index contributed by atoms with van der Waals surface area (Å²) >= 11 is 0. The number of hydrogen-bond acceptors (Lipinski definition) is 2. The Morgan fingerprint density at radius 2 is 2.36 bits per heavy atom. The van der Waals surface area contributed by atoms with Crippen molar-refractivity contribution in [3.63, 3.8) is 0 Å². The molecule has 1 aromatic heterocycles. The van der Waals surface area contributed by atoms with Crippen molar-refractivity contribution in [2.24, 2.45) is 0 Å². The van der Waals surface area contributed by atoms with Crippen LogP contribution in [0.5, 0.6) is 0 Å². The van der Waals surface area contributed by atoms with Gasteiger partial charge in [-0.15, -0.1) is 0 Å². The van der Waals surface area contributed by atoms with Gasteiger partial charge in [0.15, 0.2) is 6.33 Å². The highest BCUT2D eigenvalue weighted by molar-refractivity contribution is 5.29. The van der Waals surface area contributed by atoms with E-state index < -0.39 is 0 Å². The third kappa shape index (κ3) is 0.934. The maximum atomic E-state index is 4.18. The maximum absolute atomic E-state index is 4.18. The molecule has 2 rings (SSSR count). The smallest absolute Gasteiger partial charge is 0.197 e. The fraction of sp³-hybridized carbons (Fsp3) is 0.556. The highest BCUT2D eigenvalue weighted by Crippen LogP contribution is 2.35. The Labute approximate surface area is 66.7 Å². The quantitative estimate of drug-likeness (QED) is 0.555. The molecule has 0 amide bonds. The summed E-state index contributed by atoms with van der Waals surface area (Å²) in [4.78, 5) is 8.06. The van der Waals surface area contributed by atoms with Crippen molar-refractivity contribution in [3.8, 4) is 0 Å². The fourth-order valence-electron chi connectivity index (χ4n) is 1.65. The summed E-state index contributed by atoms with van der Waals surface area (Å²) in [5.41, 5.74) is 2.73. The normalized spacial score (nSPS) is 19.8. The van der Waals surface area contributed by atoms with Crippen molar-refractivity contribution in [2.45, 2.75) is 32.1 Å². The molecule has 0 unspecified atom stereocenters. The number of hydrogen-bond donors (Lipinski definition) is 0. The summed E-state index contributed by atoms with van der Waals surface area (Å²) < 4.78 is 0. The van der Waals surface area contributed by atoms with Crippen LogP contribution in [0.25, 0.3) is 0 Å². The lowest BCUT2D eigenvalue weighted by Crippen LogP contribution is -2.13. The van der Waals surface area contributed by atoms with Gasteiger partial charge in [-0.1, -0.05) is 13.8 Å². The number of fused-ring (bicyclic) bond motifs is 1. The van der Waals surface area contributed by atoms with E-state index in [1.807, 2.05) is 6.20 Å². The molecule has 2 nitrogen and oxygen atoms in total. The summed E-state index contributed by atoms with van der Waals surface area (Å²) in [6.07, 6.45) is 6.85. The first-order valence-electron chi connectivity index (χ1n) is 3.92. The Hall–Kier alpha value is -0.920. The molecule has 0 fully saturated rings. The fourth-order valence-corrected chi connectivity index (χ4v) is 1.65. The van der Waals surface area contributed by atoms with Crippen molar-refractivity contribution in [3.05, 3.63) is 23.8 Å². The van der Waals surface area contributed by atoms with Crippen LogP contribution < -0.4 is 0 Å². The van der Waals surface area contributed by atoms with E-state index in [9.17, 15) is 0 Å². The zero-order valence-electron chi connectivity index (χ0n) is 6.89. The molecular formula is C9H11N2. The predicted octanol–water partition coefficient (Wildman–Crippen LogP) is 1.50. The molecule has 0 bridgehead atoms. The van der Waals surface area contributed by atoms with Crippen molar-refractivity contribution >= 4 is 0 Å². The Morgan fingerprint density at radius 3 is 3.09 bits per heavy atom. The summed E-state index contributed by atoms with van der Waals surface area (Å²) in [5.74, 6) is 0. The molecule has 0 aliphatic heterocycles. The third-order valence-electron chi connectivity index (χ3n) is 2.40. The molecular weight excluding hydrogens is 136 g/mol. The third-order valence-corrected chi connectivity index (χ3v) is 2.40. The first-order chi connectivity index (χ1) is 5.20. The van der Waals surface area contributed by atoms with Gasteiger partial charge in [0.2, 0.25) is 0 Å². The zero-order chi connectivity index (χ0) is 7.90. The summed E-state index contributed by atoms with van der Waals surface area (Å²) in [7, 11) is 0. The molecule has 1 aromatic rings. The predicted molar refractivity (Wildman–Crippen MR) is 42.2 cm³/mol. The molecule has 1 aliphatic carbocycles. The molecule has 11 heavy (non-hydrogen) atoms. The Morgan fingerprint density at radius 1 is 1.55 bits per heavy atom. The average molecular weight is 147 g/mol. The molecule has 1 aliphatic rings. The van der Waals surface area contributed by atoms with Crippen LogP contribution in [0.2, 0.25) is 0 Å². The van der Waals surface area contributed by atoms with E-state index in [0.717, 1.165) is 6.42 Å². The van der Waals surface area contributed by atoms with Crippen LogP contribution in [0.3, 0.4) is 0 Å².